The van der Waals surface area contributed by atoms with E-state index >= 15 is 0 Å². The highest BCUT2D eigenvalue weighted by molar-refractivity contribution is 7.10. The van der Waals surface area contributed by atoms with Crippen molar-refractivity contribution < 1.29 is 4.74 Å². The predicted molar refractivity (Wildman–Crippen MR) is 65.4 cm³/mol. The number of thiophene rings is 1. The lowest BCUT2D eigenvalue weighted by Crippen LogP contribution is -2.25. The number of ether oxygens (including phenoxy) is 1. The molecule has 15 heavy (non-hydrogen) atoms. The van der Waals surface area contributed by atoms with Crippen molar-refractivity contribution in [1.82, 2.24) is 0 Å². The normalized spacial score (nSPS) is 26.0. The Labute approximate surface area is 96.5 Å². The van der Waals surface area contributed by atoms with Gasteiger partial charge in [0.15, 0.2) is 0 Å². The van der Waals surface area contributed by atoms with Gasteiger partial charge in [-0.15, -0.1) is 11.3 Å². The minimum Gasteiger partial charge on any atom is -0.372 e. The first-order valence-corrected chi connectivity index (χ1v) is 6.68. The third-order valence-corrected chi connectivity index (χ3v) is 4.24. The van der Waals surface area contributed by atoms with Crippen LogP contribution < -0.4 is 0 Å². The lowest BCUT2D eigenvalue weighted by Gasteiger charge is -2.33. The zero-order valence-electron chi connectivity index (χ0n) is 9.99. The summed E-state index contributed by atoms with van der Waals surface area (Å²) in [5, 5.41) is 2.21. The average molecular weight is 224 g/mol. The molecule has 0 saturated carbocycles. The van der Waals surface area contributed by atoms with E-state index in [0.717, 1.165) is 6.61 Å². The highest BCUT2D eigenvalue weighted by Crippen LogP contribution is 2.43. The van der Waals surface area contributed by atoms with E-state index in [9.17, 15) is 0 Å². The summed E-state index contributed by atoms with van der Waals surface area (Å²) in [6, 6.07) is 2.29. The lowest BCUT2D eigenvalue weighted by molar-refractivity contribution is -0.00509. The molecule has 0 N–H and O–H groups in total. The van der Waals surface area contributed by atoms with Crippen LogP contribution in [0.3, 0.4) is 0 Å². The van der Waals surface area contributed by atoms with E-state index in [-0.39, 0.29) is 0 Å². The van der Waals surface area contributed by atoms with Crippen LogP contribution in [0.5, 0.6) is 0 Å². The van der Waals surface area contributed by atoms with Crippen molar-refractivity contribution in [2.75, 3.05) is 6.61 Å². The molecule has 2 heteroatoms. The van der Waals surface area contributed by atoms with Gasteiger partial charge in [-0.1, -0.05) is 27.7 Å². The molecule has 0 spiro atoms. The minimum absolute atomic E-state index is 0.329. The fraction of sp³-hybridized carbons (Fsp3) is 0.692. The number of hydrogen-bond acceptors (Lipinski definition) is 2. The SMILES string of the molecule is CC(C)C1COC(C(C)C)c2sccc21. The molecule has 0 fully saturated rings. The summed E-state index contributed by atoms with van der Waals surface area (Å²) in [4.78, 5) is 1.47. The smallest absolute Gasteiger partial charge is 0.0942 e. The molecule has 1 aromatic heterocycles. The van der Waals surface area contributed by atoms with Gasteiger partial charge in [0.1, 0.15) is 0 Å². The van der Waals surface area contributed by atoms with Gasteiger partial charge in [0.2, 0.25) is 0 Å². The summed E-state index contributed by atoms with van der Waals surface area (Å²) in [5.74, 6) is 1.85. The monoisotopic (exact) mass is 224 g/mol. The third kappa shape index (κ3) is 1.98. The van der Waals surface area contributed by atoms with Gasteiger partial charge in [-0.2, -0.15) is 0 Å². The molecule has 2 atom stereocenters. The fourth-order valence-corrected chi connectivity index (χ4v) is 3.48. The fourth-order valence-electron chi connectivity index (χ4n) is 2.29. The number of rotatable bonds is 2. The minimum atomic E-state index is 0.329. The topological polar surface area (TPSA) is 9.23 Å². The van der Waals surface area contributed by atoms with Crippen molar-refractivity contribution in [3.8, 4) is 0 Å². The van der Waals surface area contributed by atoms with Gasteiger partial charge in [-0.05, 0) is 28.8 Å². The van der Waals surface area contributed by atoms with Crippen molar-refractivity contribution >= 4 is 11.3 Å². The average Bonchev–Trinajstić information content (AvgIpc) is 2.63. The first kappa shape index (κ1) is 11.2. The van der Waals surface area contributed by atoms with E-state index < -0.39 is 0 Å². The van der Waals surface area contributed by atoms with Crippen LogP contribution in [0.1, 0.15) is 50.2 Å². The van der Waals surface area contributed by atoms with Crippen LogP contribution in [0.2, 0.25) is 0 Å². The van der Waals surface area contributed by atoms with Gasteiger partial charge in [-0.25, -0.2) is 0 Å². The summed E-state index contributed by atoms with van der Waals surface area (Å²) in [6.45, 7) is 9.94. The molecule has 0 aromatic carbocycles. The van der Waals surface area contributed by atoms with Crippen molar-refractivity contribution in [2.45, 2.75) is 39.7 Å². The summed E-state index contributed by atoms with van der Waals surface area (Å²) in [7, 11) is 0. The highest BCUT2D eigenvalue weighted by Gasteiger charge is 2.32. The maximum absolute atomic E-state index is 6.01. The van der Waals surface area contributed by atoms with Crippen LogP contribution in [-0.2, 0) is 4.74 Å². The summed E-state index contributed by atoms with van der Waals surface area (Å²) >= 11 is 1.86. The maximum atomic E-state index is 6.01. The Morgan fingerprint density at radius 1 is 1.27 bits per heavy atom. The van der Waals surface area contributed by atoms with Crippen molar-refractivity contribution in [3.05, 3.63) is 21.9 Å². The van der Waals surface area contributed by atoms with Crippen molar-refractivity contribution in [3.63, 3.8) is 0 Å². The van der Waals surface area contributed by atoms with Crippen LogP contribution >= 0.6 is 11.3 Å². The van der Waals surface area contributed by atoms with Gasteiger partial charge in [0.05, 0.1) is 12.7 Å². The Morgan fingerprint density at radius 2 is 2.00 bits per heavy atom. The quantitative estimate of drug-likeness (QED) is 0.731. The Morgan fingerprint density at radius 3 is 2.60 bits per heavy atom. The van der Waals surface area contributed by atoms with Crippen LogP contribution in [0.25, 0.3) is 0 Å². The van der Waals surface area contributed by atoms with Gasteiger partial charge < -0.3 is 4.74 Å². The van der Waals surface area contributed by atoms with E-state index in [1.165, 1.54) is 4.88 Å². The first-order valence-electron chi connectivity index (χ1n) is 5.80. The molecule has 0 aliphatic carbocycles. The van der Waals surface area contributed by atoms with Crippen LogP contribution in [-0.4, -0.2) is 6.61 Å². The van der Waals surface area contributed by atoms with Crippen LogP contribution in [0.15, 0.2) is 11.4 Å². The molecule has 0 amide bonds. The second kappa shape index (κ2) is 4.26. The molecule has 1 nitrogen and oxygen atoms in total. The molecule has 1 aromatic rings. The summed E-state index contributed by atoms with van der Waals surface area (Å²) in [6.07, 6.45) is 0.329. The molecule has 84 valence electrons. The second-order valence-electron chi connectivity index (χ2n) is 5.09. The molecule has 2 rings (SSSR count). The Kier molecular flexibility index (Phi) is 3.17. The van der Waals surface area contributed by atoms with Crippen molar-refractivity contribution in [2.24, 2.45) is 11.8 Å². The lowest BCUT2D eigenvalue weighted by atomic mass is 9.85. The third-order valence-electron chi connectivity index (χ3n) is 3.25. The Bertz CT molecular complexity index is 297. The molecular weight excluding hydrogens is 204 g/mol. The van der Waals surface area contributed by atoms with Crippen LogP contribution in [0.4, 0.5) is 0 Å². The van der Waals surface area contributed by atoms with E-state index in [1.807, 2.05) is 11.3 Å². The number of hydrogen-bond donors (Lipinski definition) is 0. The molecule has 2 heterocycles. The van der Waals surface area contributed by atoms with E-state index in [0.29, 0.717) is 23.9 Å². The van der Waals surface area contributed by atoms with Gasteiger partial charge in [-0.3, -0.25) is 0 Å². The van der Waals surface area contributed by atoms with Gasteiger partial charge >= 0.3 is 0 Å². The molecule has 1 aliphatic heterocycles. The van der Waals surface area contributed by atoms with E-state index in [1.54, 1.807) is 5.56 Å². The largest absolute Gasteiger partial charge is 0.372 e. The molecule has 0 saturated heterocycles. The zero-order chi connectivity index (χ0) is 11.0. The standard InChI is InChI=1S/C13H20OS/c1-8(2)11-7-14-12(9(3)4)13-10(11)5-6-15-13/h5-6,8-9,11-12H,7H2,1-4H3. The molecule has 2 unspecified atom stereocenters. The Hall–Kier alpha value is -0.340. The van der Waals surface area contributed by atoms with E-state index in [2.05, 4.69) is 39.1 Å². The second-order valence-corrected chi connectivity index (χ2v) is 6.04. The van der Waals surface area contributed by atoms with Crippen LogP contribution in [0, 0.1) is 11.8 Å². The molecular formula is C13H20OS. The molecule has 1 aliphatic rings. The predicted octanol–water partition coefficient (Wildman–Crippen LogP) is 4.22. The molecule has 0 radical (unpaired) electrons. The first-order chi connectivity index (χ1) is 7.11. The van der Waals surface area contributed by atoms with Gasteiger partial charge in [0.25, 0.3) is 0 Å². The van der Waals surface area contributed by atoms with E-state index in [4.69, 9.17) is 4.74 Å². The summed E-state index contributed by atoms with van der Waals surface area (Å²) in [5.41, 5.74) is 1.54. The van der Waals surface area contributed by atoms with Crippen molar-refractivity contribution in [1.29, 1.82) is 0 Å². The summed E-state index contributed by atoms with van der Waals surface area (Å²) < 4.78 is 6.01. The van der Waals surface area contributed by atoms with Gasteiger partial charge in [0, 0.05) is 10.8 Å². The zero-order valence-corrected chi connectivity index (χ0v) is 10.8. The number of fused-ring (bicyclic) bond motifs is 1. The Balaban J connectivity index is 2.33. The maximum Gasteiger partial charge on any atom is 0.0942 e. The molecule has 0 bridgehead atoms. The highest BCUT2D eigenvalue weighted by atomic mass is 32.1.